The van der Waals surface area contributed by atoms with Crippen molar-refractivity contribution in [2.24, 2.45) is 0 Å². The van der Waals surface area contributed by atoms with Crippen LogP contribution in [0.25, 0.3) is 11.3 Å². The number of pyridine rings is 1. The van der Waals surface area contributed by atoms with Crippen molar-refractivity contribution >= 4 is 0 Å². The molecule has 1 saturated heterocycles. The molecule has 1 N–H and O–H groups in total. The zero-order chi connectivity index (χ0) is 14.2. The molecule has 0 radical (unpaired) electrons. The summed E-state index contributed by atoms with van der Waals surface area (Å²) in [6, 6.07) is 12.7. The summed E-state index contributed by atoms with van der Waals surface area (Å²) in [4.78, 5) is 0. The Kier molecular flexibility index (Phi) is 3.15. The summed E-state index contributed by atoms with van der Waals surface area (Å²) in [5, 5.41) is 8.20. The van der Waals surface area contributed by atoms with E-state index in [-0.39, 0.29) is 0 Å². The van der Waals surface area contributed by atoms with E-state index in [0.29, 0.717) is 11.6 Å². The lowest BCUT2D eigenvalue weighted by Crippen LogP contribution is -2.27. The van der Waals surface area contributed by atoms with Crippen LogP contribution in [0.3, 0.4) is 0 Å². The molecule has 1 aromatic carbocycles. The highest BCUT2D eigenvalue weighted by Gasteiger charge is 2.22. The van der Waals surface area contributed by atoms with Gasteiger partial charge in [0.2, 0.25) is 0 Å². The molecule has 2 aliphatic rings. The Bertz CT molecular complexity index is 726. The van der Waals surface area contributed by atoms with E-state index >= 15 is 0 Å². The second-order valence-electron chi connectivity index (χ2n) is 5.99. The third-order valence-electron chi connectivity index (χ3n) is 4.66. The predicted octanol–water partition coefficient (Wildman–Crippen LogP) is 2.91. The third kappa shape index (κ3) is 2.22. The van der Waals surface area contributed by atoms with Gasteiger partial charge in [-0.3, -0.25) is 5.41 Å². The first-order valence-corrected chi connectivity index (χ1v) is 7.80. The Balaban J connectivity index is 1.85. The summed E-state index contributed by atoms with van der Waals surface area (Å²) >= 11 is 0. The lowest BCUT2D eigenvalue weighted by molar-refractivity contribution is 0.111. The van der Waals surface area contributed by atoms with Crippen LogP contribution in [-0.2, 0) is 24.1 Å². The molecule has 0 saturated carbocycles. The highest BCUT2D eigenvalue weighted by molar-refractivity contribution is 5.69. The van der Waals surface area contributed by atoms with Crippen LogP contribution in [-0.4, -0.2) is 17.3 Å². The van der Waals surface area contributed by atoms with Crippen molar-refractivity contribution in [2.75, 3.05) is 6.61 Å². The van der Waals surface area contributed by atoms with E-state index in [1.54, 1.807) is 0 Å². The van der Waals surface area contributed by atoms with Gasteiger partial charge in [0.1, 0.15) is 5.49 Å². The standard InChI is InChI=1S/C18H20N2O/c19-17-8-7-14(12-15-5-3-11-21-15)18-16-6-2-1-4-13(16)9-10-20(17)18/h1-2,4,6-8,15,19H,3,5,9-12H2. The number of aryl methyl sites for hydroxylation is 1. The number of benzene rings is 1. The smallest absolute Gasteiger partial charge is 0.125 e. The highest BCUT2D eigenvalue weighted by Crippen LogP contribution is 2.32. The molecule has 3 heteroatoms. The van der Waals surface area contributed by atoms with Crippen LogP contribution in [0.2, 0.25) is 0 Å². The zero-order valence-electron chi connectivity index (χ0n) is 12.1. The minimum atomic E-state index is 0.348. The molecule has 1 fully saturated rings. The van der Waals surface area contributed by atoms with Crippen molar-refractivity contribution in [3.05, 3.63) is 53.0 Å². The minimum Gasteiger partial charge on any atom is -0.378 e. The van der Waals surface area contributed by atoms with Crippen LogP contribution in [0.15, 0.2) is 36.4 Å². The molecule has 1 unspecified atom stereocenters. The van der Waals surface area contributed by atoms with Gasteiger partial charge in [0, 0.05) is 25.1 Å². The van der Waals surface area contributed by atoms with Crippen LogP contribution < -0.4 is 5.49 Å². The molecular formula is C18H20N2O. The van der Waals surface area contributed by atoms with Crippen LogP contribution in [0, 0.1) is 5.41 Å². The summed E-state index contributed by atoms with van der Waals surface area (Å²) < 4.78 is 7.97. The van der Waals surface area contributed by atoms with Gasteiger partial charge in [0.25, 0.3) is 0 Å². The number of hydrogen-bond donors (Lipinski definition) is 1. The minimum absolute atomic E-state index is 0.348. The SMILES string of the molecule is N=c1ccc(CC2CCCO2)c2n1CCc1ccccc1-2. The van der Waals surface area contributed by atoms with Gasteiger partial charge in [-0.05, 0) is 36.5 Å². The van der Waals surface area contributed by atoms with Gasteiger partial charge >= 0.3 is 0 Å². The normalized spacial score (nSPS) is 20.1. The van der Waals surface area contributed by atoms with E-state index in [1.165, 1.54) is 28.8 Å². The van der Waals surface area contributed by atoms with Crippen LogP contribution in [0.1, 0.15) is 24.0 Å². The van der Waals surface area contributed by atoms with Gasteiger partial charge in [0.05, 0.1) is 11.8 Å². The lowest BCUT2D eigenvalue weighted by atomic mass is 9.92. The number of hydrogen-bond acceptors (Lipinski definition) is 2. The largest absolute Gasteiger partial charge is 0.378 e. The number of nitrogens with one attached hydrogen (secondary N) is 1. The quantitative estimate of drug-likeness (QED) is 0.902. The average molecular weight is 280 g/mol. The second kappa shape index (κ2) is 5.15. The zero-order valence-corrected chi connectivity index (χ0v) is 12.1. The van der Waals surface area contributed by atoms with Gasteiger partial charge in [-0.25, -0.2) is 0 Å². The van der Waals surface area contributed by atoms with Crippen molar-refractivity contribution in [2.45, 2.75) is 38.3 Å². The van der Waals surface area contributed by atoms with Crippen molar-refractivity contribution in [1.29, 1.82) is 5.41 Å². The van der Waals surface area contributed by atoms with Crippen LogP contribution in [0.5, 0.6) is 0 Å². The molecule has 0 bridgehead atoms. The molecule has 108 valence electrons. The molecule has 1 aromatic heterocycles. The molecule has 2 aromatic rings. The molecule has 3 heterocycles. The van der Waals surface area contributed by atoms with Crippen molar-refractivity contribution in [1.82, 2.24) is 4.57 Å². The van der Waals surface area contributed by atoms with Gasteiger partial charge in [0.15, 0.2) is 0 Å². The number of rotatable bonds is 2. The Hall–Kier alpha value is -1.87. The Morgan fingerprint density at radius 1 is 1.19 bits per heavy atom. The Morgan fingerprint density at radius 3 is 2.95 bits per heavy atom. The van der Waals surface area contributed by atoms with Crippen molar-refractivity contribution in [3.8, 4) is 11.3 Å². The molecular weight excluding hydrogens is 260 g/mol. The van der Waals surface area contributed by atoms with Crippen LogP contribution in [0.4, 0.5) is 0 Å². The summed E-state index contributed by atoms with van der Waals surface area (Å²) in [6.45, 7) is 1.80. The lowest BCUT2D eigenvalue weighted by Gasteiger charge is -2.26. The van der Waals surface area contributed by atoms with Crippen molar-refractivity contribution in [3.63, 3.8) is 0 Å². The first-order chi connectivity index (χ1) is 10.3. The maximum Gasteiger partial charge on any atom is 0.125 e. The Morgan fingerprint density at radius 2 is 2.10 bits per heavy atom. The number of ether oxygens (including phenoxy) is 1. The van der Waals surface area contributed by atoms with Gasteiger partial charge in [-0.15, -0.1) is 0 Å². The Labute approximate surface area is 124 Å². The van der Waals surface area contributed by atoms with E-state index in [4.69, 9.17) is 10.1 Å². The fourth-order valence-corrected chi connectivity index (χ4v) is 3.61. The third-order valence-corrected chi connectivity index (χ3v) is 4.66. The number of fused-ring (bicyclic) bond motifs is 3. The topological polar surface area (TPSA) is 38.0 Å². The monoisotopic (exact) mass is 280 g/mol. The van der Waals surface area contributed by atoms with E-state index < -0.39 is 0 Å². The predicted molar refractivity (Wildman–Crippen MR) is 82.1 cm³/mol. The average Bonchev–Trinajstić information content (AvgIpc) is 3.02. The molecule has 0 spiro atoms. The van der Waals surface area contributed by atoms with Crippen molar-refractivity contribution < 1.29 is 4.74 Å². The second-order valence-corrected chi connectivity index (χ2v) is 5.99. The molecule has 0 aliphatic carbocycles. The van der Waals surface area contributed by atoms with Gasteiger partial charge < -0.3 is 9.30 Å². The van der Waals surface area contributed by atoms with Gasteiger partial charge in [-0.2, -0.15) is 0 Å². The summed E-state index contributed by atoms with van der Waals surface area (Å²) in [7, 11) is 0. The molecule has 4 rings (SSSR count). The fraction of sp³-hybridized carbons (Fsp3) is 0.389. The summed E-state index contributed by atoms with van der Waals surface area (Å²) in [5.41, 5.74) is 5.86. The molecule has 3 nitrogen and oxygen atoms in total. The molecule has 1 atom stereocenters. The van der Waals surface area contributed by atoms with Crippen LogP contribution >= 0.6 is 0 Å². The summed E-state index contributed by atoms with van der Waals surface area (Å²) in [5.74, 6) is 0. The molecule has 2 aliphatic heterocycles. The van der Waals surface area contributed by atoms with E-state index in [9.17, 15) is 0 Å². The van der Waals surface area contributed by atoms with E-state index in [1.807, 2.05) is 6.07 Å². The number of aromatic nitrogens is 1. The first-order valence-electron chi connectivity index (χ1n) is 7.80. The van der Waals surface area contributed by atoms with Gasteiger partial charge in [-0.1, -0.05) is 30.3 Å². The molecule has 21 heavy (non-hydrogen) atoms. The fourth-order valence-electron chi connectivity index (χ4n) is 3.61. The van der Waals surface area contributed by atoms with E-state index in [0.717, 1.165) is 32.4 Å². The number of nitrogens with zero attached hydrogens (tertiary/aromatic N) is 1. The van der Waals surface area contributed by atoms with E-state index in [2.05, 4.69) is 34.9 Å². The first kappa shape index (κ1) is 12.8. The summed E-state index contributed by atoms with van der Waals surface area (Å²) in [6.07, 6.45) is 4.66. The highest BCUT2D eigenvalue weighted by atomic mass is 16.5. The maximum absolute atomic E-state index is 8.20. The molecule has 0 amide bonds. The maximum atomic E-state index is 8.20.